The number of ether oxygens (including phenoxy) is 1. The average molecular weight is 422 g/mol. The quantitative estimate of drug-likeness (QED) is 0.771. The van der Waals surface area contributed by atoms with Gasteiger partial charge in [-0.3, -0.25) is 4.79 Å². The molecule has 1 fully saturated rings. The standard InChI is InChI=1S/C20H23N3O3S.ClH/c24-19(22-14-16-4-2-1-3-5-16)26-18-8-6-17(7-9-18)15-27-20(25)23-12-10-21-11-13-23;/h1-9,21H,10-15H2,(H,22,24);1H. The number of amides is 2. The van der Waals surface area contributed by atoms with E-state index in [1.54, 1.807) is 12.1 Å². The topological polar surface area (TPSA) is 70.7 Å². The van der Waals surface area contributed by atoms with Crippen LogP contribution in [0.4, 0.5) is 9.59 Å². The lowest BCUT2D eigenvalue weighted by atomic mass is 10.2. The molecule has 0 aliphatic carbocycles. The maximum atomic E-state index is 12.2. The molecule has 6 nitrogen and oxygen atoms in total. The Labute approximate surface area is 175 Å². The number of nitrogens with one attached hydrogen (secondary N) is 2. The van der Waals surface area contributed by atoms with Crippen LogP contribution < -0.4 is 15.4 Å². The molecule has 1 aliphatic rings. The number of carbonyl (C=O) groups is 2. The summed E-state index contributed by atoms with van der Waals surface area (Å²) in [6.45, 7) is 3.64. The summed E-state index contributed by atoms with van der Waals surface area (Å²) in [5, 5.41) is 6.06. The van der Waals surface area contributed by atoms with Gasteiger partial charge in [-0.05, 0) is 23.3 Å². The summed E-state index contributed by atoms with van der Waals surface area (Å²) in [7, 11) is 0. The predicted molar refractivity (Wildman–Crippen MR) is 114 cm³/mol. The molecule has 2 aromatic carbocycles. The van der Waals surface area contributed by atoms with E-state index >= 15 is 0 Å². The van der Waals surface area contributed by atoms with E-state index in [0.29, 0.717) is 18.0 Å². The number of hydrogen-bond donors (Lipinski definition) is 2. The van der Waals surface area contributed by atoms with Gasteiger partial charge in [0.1, 0.15) is 5.75 Å². The minimum atomic E-state index is -0.491. The van der Waals surface area contributed by atoms with E-state index in [0.717, 1.165) is 37.3 Å². The summed E-state index contributed by atoms with van der Waals surface area (Å²) in [6.07, 6.45) is -0.491. The fourth-order valence-electron chi connectivity index (χ4n) is 2.65. The van der Waals surface area contributed by atoms with Gasteiger partial charge in [-0.1, -0.05) is 54.2 Å². The first-order valence-corrected chi connectivity index (χ1v) is 9.90. The highest BCUT2D eigenvalue weighted by Gasteiger charge is 2.16. The van der Waals surface area contributed by atoms with E-state index in [9.17, 15) is 9.59 Å². The Morgan fingerprint density at radius 3 is 2.36 bits per heavy atom. The lowest BCUT2D eigenvalue weighted by molar-refractivity contribution is 0.200. The first kappa shape index (κ1) is 22.1. The summed E-state index contributed by atoms with van der Waals surface area (Å²) >= 11 is 1.30. The largest absolute Gasteiger partial charge is 0.412 e. The Balaban J connectivity index is 0.00000280. The summed E-state index contributed by atoms with van der Waals surface area (Å²) < 4.78 is 5.27. The van der Waals surface area contributed by atoms with E-state index < -0.39 is 6.09 Å². The van der Waals surface area contributed by atoms with Crippen molar-refractivity contribution in [1.82, 2.24) is 15.5 Å². The second-order valence-corrected chi connectivity index (χ2v) is 7.09. The highest BCUT2D eigenvalue weighted by molar-refractivity contribution is 8.12. The van der Waals surface area contributed by atoms with Crippen LogP contribution in [-0.2, 0) is 12.3 Å². The van der Waals surface area contributed by atoms with Crippen molar-refractivity contribution in [3.8, 4) is 5.75 Å². The molecule has 0 radical (unpaired) electrons. The molecular weight excluding hydrogens is 398 g/mol. The fourth-order valence-corrected chi connectivity index (χ4v) is 3.50. The molecular formula is C20H24ClN3O3S. The number of nitrogens with zero attached hydrogens (tertiary/aromatic N) is 1. The predicted octanol–water partition coefficient (Wildman–Crippen LogP) is 3.66. The van der Waals surface area contributed by atoms with Crippen LogP contribution in [0.1, 0.15) is 11.1 Å². The molecule has 2 amide bonds. The van der Waals surface area contributed by atoms with Crippen LogP contribution in [-0.4, -0.2) is 42.4 Å². The molecule has 1 aliphatic heterocycles. The molecule has 0 atom stereocenters. The van der Waals surface area contributed by atoms with Crippen molar-refractivity contribution in [3.63, 3.8) is 0 Å². The Bertz CT molecular complexity index is 753. The van der Waals surface area contributed by atoms with Crippen molar-refractivity contribution in [1.29, 1.82) is 0 Å². The summed E-state index contributed by atoms with van der Waals surface area (Å²) in [5.74, 6) is 1.08. The third kappa shape index (κ3) is 7.07. The Hall–Kier alpha value is -2.22. The maximum Gasteiger partial charge on any atom is 0.412 e. The number of halogens is 1. The van der Waals surface area contributed by atoms with Crippen LogP contribution in [0.25, 0.3) is 0 Å². The van der Waals surface area contributed by atoms with Gasteiger partial charge in [0.15, 0.2) is 0 Å². The molecule has 0 unspecified atom stereocenters. The number of hydrogen-bond acceptors (Lipinski definition) is 5. The van der Waals surface area contributed by atoms with Crippen LogP contribution in [0, 0.1) is 0 Å². The number of benzene rings is 2. The van der Waals surface area contributed by atoms with E-state index in [-0.39, 0.29) is 17.6 Å². The van der Waals surface area contributed by atoms with Crippen LogP contribution in [0.3, 0.4) is 0 Å². The Kier molecular flexibility index (Phi) is 9.13. The van der Waals surface area contributed by atoms with E-state index in [1.807, 2.05) is 47.4 Å². The second-order valence-electron chi connectivity index (χ2n) is 6.16. The highest BCUT2D eigenvalue weighted by Crippen LogP contribution is 2.19. The zero-order chi connectivity index (χ0) is 18.9. The van der Waals surface area contributed by atoms with Crippen molar-refractivity contribution in [2.75, 3.05) is 26.2 Å². The molecule has 0 saturated carbocycles. The molecule has 8 heteroatoms. The van der Waals surface area contributed by atoms with Gasteiger partial charge in [0, 0.05) is 38.5 Å². The minimum Gasteiger partial charge on any atom is -0.410 e. The second kappa shape index (κ2) is 11.6. The normalized spacial score (nSPS) is 13.4. The molecule has 0 spiro atoms. The molecule has 3 rings (SSSR count). The summed E-state index contributed by atoms with van der Waals surface area (Å²) in [4.78, 5) is 25.9. The van der Waals surface area contributed by atoms with Crippen LogP contribution in [0.15, 0.2) is 54.6 Å². The van der Waals surface area contributed by atoms with E-state index in [4.69, 9.17) is 4.74 Å². The SMILES string of the molecule is Cl.O=C(NCc1ccccc1)Oc1ccc(CSC(=O)N2CCNCC2)cc1. The lowest BCUT2D eigenvalue weighted by Gasteiger charge is -2.26. The van der Waals surface area contributed by atoms with Crippen molar-refractivity contribution in [3.05, 3.63) is 65.7 Å². The van der Waals surface area contributed by atoms with Gasteiger partial charge in [0.25, 0.3) is 5.24 Å². The maximum absolute atomic E-state index is 12.2. The smallest absolute Gasteiger partial charge is 0.410 e. The molecule has 0 aromatic heterocycles. The average Bonchev–Trinajstić information content (AvgIpc) is 2.73. The van der Waals surface area contributed by atoms with Crippen molar-refractivity contribution in [2.24, 2.45) is 0 Å². The molecule has 1 heterocycles. The first-order valence-electron chi connectivity index (χ1n) is 8.92. The number of carbonyl (C=O) groups excluding carboxylic acids is 2. The van der Waals surface area contributed by atoms with Crippen molar-refractivity contribution < 1.29 is 14.3 Å². The minimum absolute atomic E-state index is 0. The van der Waals surface area contributed by atoms with Gasteiger partial charge in [0.2, 0.25) is 0 Å². The summed E-state index contributed by atoms with van der Waals surface area (Å²) in [5.41, 5.74) is 2.02. The van der Waals surface area contributed by atoms with E-state index in [1.165, 1.54) is 11.8 Å². The fraction of sp³-hybridized carbons (Fsp3) is 0.300. The van der Waals surface area contributed by atoms with E-state index in [2.05, 4.69) is 10.6 Å². The highest BCUT2D eigenvalue weighted by atomic mass is 35.5. The van der Waals surface area contributed by atoms with Gasteiger partial charge >= 0.3 is 6.09 Å². The third-order valence-corrected chi connectivity index (χ3v) is 5.13. The number of thioether (sulfide) groups is 1. The lowest BCUT2D eigenvalue weighted by Crippen LogP contribution is -2.45. The van der Waals surface area contributed by atoms with Gasteiger partial charge in [-0.2, -0.15) is 0 Å². The van der Waals surface area contributed by atoms with Gasteiger partial charge in [0.05, 0.1) is 0 Å². The van der Waals surface area contributed by atoms with Gasteiger partial charge in [-0.15, -0.1) is 12.4 Å². The van der Waals surface area contributed by atoms with Crippen molar-refractivity contribution >= 4 is 35.5 Å². The van der Waals surface area contributed by atoms with Crippen molar-refractivity contribution in [2.45, 2.75) is 12.3 Å². The molecule has 2 N–H and O–H groups in total. The zero-order valence-electron chi connectivity index (χ0n) is 15.4. The molecule has 0 bridgehead atoms. The number of piperazine rings is 1. The van der Waals surface area contributed by atoms with Crippen LogP contribution in [0.5, 0.6) is 5.75 Å². The molecule has 150 valence electrons. The first-order chi connectivity index (χ1) is 13.2. The monoisotopic (exact) mass is 421 g/mol. The third-order valence-electron chi connectivity index (χ3n) is 4.15. The van der Waals surface area contributed by atoms with Gasteiger partial charge < -0.3 is 20.3 Å². The van der Waals surface area contributed by atoms with Crippen LogP contribution >= 0.6 is 24.2 Å². The van der Waals surface area contributed by atoms with Crippen LogP contribution in [0.2, 0.25) is 0 Å². The molecule has 28 heavy (non-hydrogen) atoms. The zero-order valence-corrected chi connectivity index (χ0v) is 17.1. The van der Waals surface area contributed by atoms with Gasteiger partial charge in [-0.25, -0.2) is 4.79 Å². The number of rotatable bonds is 5. The Morgan fingerprint density at radius 2 is 1.68 bits per heavy atom. The summed E-state index contributed by atoms with van der Waals surface area (Å²) in [6, 6.07) is 16.9. The molecule has 2 aromatic rings. The Morgan fingerprint density at radius 1 is 1.00 bits per heavy atom. The molecule has 1 saturated heterocycles.